The van der Waals surface area contributed by atoms with E-state index in [2.05, 4.69) is 0 Å². The highest BCUT2D eigenvalue weighted by atomic mass is 32.1. The molecule has 2 fully saturated rings. The number of rotatable bonds is 1. The zero-order valence-corrected chi connectivity index (χ0v) is 16.0. The van der Waals surface area contributed by atoms with Gasteiger partial charge in [0.2, 0.25) is 0 Å². The second-order valence-electron chi connectivity index (χ2n) is 8.14. The van der Waals surface area contributed by atoms with E-state index in [4.69, 9.17) is 17.0 Å². The van der Waals surface area contributed by atoms with Gasteiger partial charge in [-0.3, -0.25) is 4.90 Å². The van der Waals surface area contributed by atoms with Crippen LogP contribution in [0.2, 0.25) is 0 Å². The molecule has 2 aliphatic rings. The Morgan fingerprint density at radius 3 is 2.42 bits per heavy atom. The number of amides is 2. The first-order valence-corrected chi connectivity index (χ1v) is 8.90. The molecular formula is C17H28N2O4S. The Balaban J connectivity index is 2.17. The monoisotopic (exact) mass is 356 g/mol. The molecule has 2 rings (SSSR count). The fraction of sp³-hybridized carbons (Fsp3) is 0.824. The second kappa shape index (κ2) is 6.50. The maximum Gasteiger partial charge on any atom is 0.410 e. The second-order valence-corrected chi connectivity index (χ2v) is 8.58. The highest BCUT2D eigenvalue weighted by Gasteiger charge is 2.48. The van der Waals surface area contributed by atoms with Crippen molar-refractivity contribution in [3.8, 4) is 0 Å². The number of likely N-dealkylation sites (tertiary alicyclic amines) is 2. The van der Waals surface area contributed by atoms with Gasteiger partial charge in [-0.15, -0.1) is 0 Å². The van der Waals surface area contributed by atoms with Crippen molar-refractivity contribution in [3.05, 3.63) is 0 Å². The van der Waals surface area contributed by atoms with Crippen LogP contribution in [0.15, 0.2) is 0 Å². The van der Waals surface area contributed by atoms with Gasteiger partial charge in [-0.25, -0.2) is 9.59 Å². The number of carboxylic acid groups (broad SMARTS) is 1. The van der Waals surface area contributed by atoms with Gasteiger partial charge in [0.25, 0.3) is 0 Å². The standard InChI is InChI=1S/C17H28N2O4S/c1-16(2,3)23-15(22)18-9-6-7-12(18)11-8-10-19(14(20)21)17(4,5)13(11)24/h11-12H,6-10H2,1-5H3,(H,20,21). The number of thiocarbonyl (C=S) groups is 1. The number of hydrogen-bond acceptors (Lipinski definition) is 4. The zero-order valence-electron chi connectivity index (χ0n) is 15.2. The van der Waals surface area contributed by atoms with Crippen molar-refractivity contribution in [2.75, 3.05) is 13.1 Å². The Kier molecular flexibility index (Phi) is 5.14. The summed E-state index contributed by atoms with van der Waals surface area (Å²) in [5.74, 6) is 0.0284. The lowest BCUT2D eigenvalue weighted by Crippen LogP contribution is -2.61. The van der Waals surface area contributed by atoms with Crippen LogP contribution in [-0.4, -0.2) is 62.2 Å². The molecule has 0 saturated carbocycles. The van der Waals surface area contributed by atoms with Crippen LogP contribution in [0, 0.1) is 5.92 Å². The number of carbonyl (C=O) groups excluding carboxylic acids is 1. The molecule has 6 nitrogen and oxygen atoms in total. The van der Waals surface area contributed by atoms with E-state index in [0.717, 1.165) is 17.7 Å². The normalized spacial score (nSPS) is 27.3. The van der Waals surface area contributed by atoms with Crippen molar-refractivity contribution in [2.24, 2.45) is 5.92 Å². The number of carbonyl (C=O) groups is 2. The Bertz CT molecular complexity index is 541. The van der Waals surface area contributed by atoms with Gasteiger partial charge in [0, 0.05) is 29.9 Å². The van der Waals surface area contributed by atoms with Gasteiger partial charge < -0.3 is 14.7 Å². The summed E-state index contributed by atoms with van der Waals surface area (Å²) in [5, 5.41) is 9.39. The summed E-state index contributed by atoms with van der Waals surface area (Å²) in [4.78, 5) is 27.9. The lowest BCUT2D eigenvalue weighted by atomic mass is 9.78. The minimum Gasteiger partial charge on any atom is -0.465 e. The Hall–Kier alpha value is -1.37. The van der Waals surface area contributed by atoms with Crippen LogP contribution in [-0.2, 0) is 4.74 Å². The maximum atomic E-state index is 12.5. The fourth-order valence-electron chi connectivity index (χ4n) is 3.73. The molecule has 0 aromatic carbocycles. The summed E-state index contributed by atoms with van der Waals surface area (Å²) in [5.41, 5.74) is -1.23. The van der Waals surface area contributed by atoms with Crippen LogP contribution in [0.25, 0.3) is 0 Å². The number of nitrogens with zero attached hydrogens (tertiary/aromatic N) is 2. The molecule has 2 atom stereocenters. The Morgan fingerprint density at radius 1 is 1.25 bits per heavy atom. The van der Waals surface area contributed by atoms with E-state index in [9.17, 15) is 14.7 Å². The van der Waals surface area contributed by atoms with E-state index >= 15 is 0 Å². The zero-order chi connectivity index (χ0) is 18.3. The molecule has 2 saturated heterocycles. The van der Waals surface area contributed by atoms with E-state index in [1.807, 2.05) is 34.6 Å². The van der Waals surface area contributed by atoms with Crippen molar-refractivity contribution in [3.63, 3.8) is 0 Å². The molecule has 0 bridgehead atoms. The van der Waals surface area contributed by atoms with Crippen LogP contribution in [0.5, 0.6) is 0 Å². The fourth-order valence-corrected chi connectivity index (χ4v) is 4.11. The molecular weight excluding hydrogens is 328 g/mol. The third kappa shape index (κ3) is 3.66. The van der Waals surface area contributed by atoms with Crippen molar-refractivity contribution < 1.29 is 19.4 Å². The number of piperidine rings is 1. The lowest BCUT2D eigenvalue weighted by molar-refractivity contribution is 0.0176. The van der Waals surface area contributed by atoms with E-state index in [1.165, 1.54) is 4.90 Å². The van der Waals surface area contributed by atoms with Crippen molar-refractivity contribution >= 4 is 29.3 Å². The molecule has 24 heavy (non-hydrogen) atoms. The van der Waals surface area contributed by atoms with Crippen LogP contribution in [0.1, 0.15) is 53.9 Å². The third-order valence-corrected chi connectivity index (χ3v) is 5.70. The van der Waals surface area contributed by atoms with Crippen LogP contribution >= 0.6 is 12.2 Å². The summed E-state index contributed by atoms with van der Waals surface area (Å²) in [7, 11) is 0. The molecule has 0 aromatic rings. The Labute approximate surface area is 149 Å². The summed E-state index contributed by atoms with van der Waals surface area (Å²) < 4.78 is 5.53. The Morgan fingerprint density at radius 2 is 1.88 bits per heavy atom. The predicted octanol–water partition coefficient (Wildman–Crippen LogP) is 3.53. The molecule has 0 spiro atoms. The van der Waals surface area contributed by atoms with E-state index < -0.39 is 17.2 Å². The van der Waals surface area contributed by atoms with Crippen molar-refractivity contribution in [1.29, 1.82) is 0 Å². The SMILES string of the molecule is CC(C)(C)OC(=O)N1CCCC1C1CCN(C(=O)O)C(C)(C)C1=S. The third-order valence-electron chi connectivity index (χ3n) is 4.90. The first-order valence-electron chi connectivity index (χ1n) is 8.49. The molecule has 1 N–H and O–H groups in total. The first kappa shape index (κ1) is 19.0. The molecule has 136 valence electrons. The van der Waals surface area contributed by atoms with Gasteiger partial charge in [0.05, 0.1) is 5.54 Å². The van der Waals surface area contributed by atoms with Gasteiger partial charge in [-0.1, -0.05) is 12.2 Å². The van der Waals surface area contributed by atoms with Gasteiger partial charge in [0.1, 0.15) is 5.60 Å². The molecule has 0 aliphatic carbocycles. The summed E-state index contributed by atoms with van der Waals surface area (Å²) in [6.07, 6.45) is 1.21. The van der Waals surface area contributed by atoms with Crippen LogP contribution in [0.4, 0.5) is 9.59 Å². The maximum absolute atomic E-state index is 12.5. The van der Waals surface area contributed by atoms with E-state index in [0.29, 0.717) is 19.5 Å². The predicted molar refractivity (Wildman–Crippen MR) is 95.5 cm³/mol. The van der Waals surface area contributed by atoms with Gasteiger partial charge in [-0.2, -0.15) is 0 Å². The van der Waals surface area contributed by atoms with Gasteiger partial charge in [0.15, 0.2) is 0 Å². The highest BCUT2D eigenvalue weighted by molar-refractivity contribution is 7.80. The molecule has 0 radical (unpaired) electrons. The molecule has 0 aromatic heterocycles. The van der Waals surface area contributed by atoms with E-state index in [-0.39, 0.29) is 18.1 Å². The average molecular weight is 356 g/mol. The first-order chi connectivity index (χ1) is 10.9. The molecule has 2 aliphatic heterocycles. The van der Waals surface area contributed by atoms with E-state index in [1.54, 1.807) is 4.90 Å². The molecule has 2 unspecified atom stereocenters. The summed E-state index contributed by atoms with van der Waals surface area (Å²) >= 11 is 5.66. The quantitative estimate of drug-likeness (QED) is 0.728. The smallest absolute Gasteiger partial charge is 0.410 e. The highest BCUT2D eigenvalue weighted by Crippen LogP contribution is 2.37. The summed E-state index contributed by atoms with van der Waals surface area (Å²) in [6, 6.07) is 0.00238. The minimum atomic E-state index is -0.948. The number of ether oxygens (including phenoxy) is 1. The van der Waals surface area contributed by atoms with Crippen LogP contribution in [0.3, 0.4) is 0 Å². The summed E-state index contributed by atoms with van der Waals surface area (Å²) in [6.45, 7) is 10.4. The van der Waals surface area contributed by atoms with Gasteiger partial charge in [-0.05, 0) is 53.9 Å². The largest absolute Gasteiger partial charge is 0.465 e. The number of hydrogen-bond donors (Lipinski definition) is 1. The van der Waals surface area contributed by atoms with Crippen molar-refractivity contribution in [2.45, 2.75) is 71.1 Å². The molecule has 7 heteroatoms. The van der Waals surface area contributed by atoms with Crippen LogP contribution < -0.4 is 0 Å². The van der Waals surface area contributed by atoms with Crippen molar-refractivity contribution in [1.82, 2.24) is 9.80 Å². The van der Waals surface area contributed by atoms with Gasteiger partial charge >= 0.3 is 12.2 Å². The minimum absolute atomic E-state index is 0.00238. The lowest BCUT2D eigenvalue weighted by Gasteiger charge is -2.47. The topological polar surface area (TPSA) is 70.1 Å². The molecule has 2 amide bonds. The average Bonchev–Trinajstić information content (AvgIpc) is 2.88. The molecule has 2 heterocycles.